The van der Waals surface area contributed by atoms with E-state index in [0.717, 1.165) is 0 Å². The van der Waals surface area contributed by atoms with Gasteiger partial charge in [0.25, 0.3) is 0 Å². The molecule has 0 amide bonds. The molecule has 1 N–H and O–H groups in total. The maximum Gasteiger partial charge on any atom is 0.303 e. The molecule has 0 spiro atoms. The minimum absolute atomic E-state index is 0.0689. The average Bonchev–Trinajstić information content (AvgIpc) is 2.26. The molecular formula is C12H15FO3. The zero-order valence-corrected chi connectivity index (χ0v) is 9.37. The second-order valence-electron chi connectivity index (χ2n) is 3.57. The summed E-state index contributed by atoms with van der Waals surface area (Å²) in [6, 6.07) is 4.79. The Morgan fingerprint density at radius 1 is 1.56 bits per heavy atom. The van der Waals surface area contributed by atoms with Crippen molar-refractivity contribution in [3.63, 3.8) is 0 Å². The molecule has 0 fully saturated rings. The number of aliphatic carboxylic acids is 1. The molecule has 3 nitrogen and oxygen atoms in total. The molecule has 16 heavy (non-hydrogen) atoms. The first-order chi connectivity index (χ1) is 7.60. The molecule has 0 aromatic heterocycles. The van der Waals surface area contributed by atoms with E-state index in [1.54, 1.807) is 12.1 Å². The highest BCUT2D eigenvalue weighted by Gasteiger charge is 2.19. The van der Waals surface area contributed by atoms with Crippen molar-refractivity contribution in [1.82, 2.24) is 0 Å². The first kappa shape index (κ1) is 12.5. The van der Waals surface area contributed by atoms with Crippen molar-refractivity contribution in [3.8, 4) is 5.75 Å². The molecule has 4 heteroatoms. The number of carbonyl (C=O) groups is 1. The second kappa shape index (κ2) is 5.49. The third-order valence-corrected chi connectivity index (χ3v) is 2.57. The topological polar surface area (TPSA) is 46.5 Å². The standard InChI is InChI=1S/C12H15FO3/c1-3-8(7-11(14)15)9-5-4-6-10(16-2)12(9)13/h4-6,8H,3,7H2,1-2H3,(H,14,15)/t8-/m1/s1. The van der Waals surface area contributed by atoms with Gasteiger partial charge in [-0.2, -0.15) is 0 Å². The van der Waals surface area contributed by atoms with E-state index in [9.17, 15) is 9.18 Å². The summed E-state index contributed by atoms with van der Waals surface area (Å²) in [6.45, 7) is 1.84. The molecule has 88 valence electrons. The van der Waals surface area contributed by atoms with Crippen molar-refractivity contribution in [2.24, 2.45) is 0 Å². The number of halogens is 1. The van der Waals surface area contributed by atoms with E-state index in [1.807, 2.05) is 6.92 Å². The molecule has 1 aromatic carbocycles. The fraction of sp³-hybridized carbons (Fsp3) is 0.417. The highest BCUT2D eigenvalue weighted by Crippen LogP contribution is 2.30. The lowest BCUT2D eigenvalue weighted by Gasteiger charge is -2.15. The minimum atomic E-state index is -0.922. The summed E-state index contributed by atoms with van der Waals surface area (Å²) in [6.07, 6.45) is 0.511. The minimum Gasteiger partial charge on any atom is -0.494 e. The van der Waals surface area contributed by atoms with Crippen molar-refractivity contribution < 1.29 is 19.0 Å². The molecular weight excluding hydrogens is 211 g/mol. The van der Waals surface area contributed by atoms with Crippen LogP contribution in [-0.4, -0.2) is 18.2 Å². The predicted molar refractivity (Wildman–Crippen MR) is 58.2 cm³/mol. The van der Waals surface area contributed by atoms with E-state index in [-0.39, 0.29) is 18.1 Å². The second-order valence-corrected chi connectivity index (χ2v) is 3.57. The zero-order chi connectivity index (χ0) is 12.1. The third kappa shape index (κ3) is 2.72. The molecule has 0 unspecified atom stereocenters. The van der Waals surface area contributed by atoms with E-state index in [2.05, 4.69) is 0 Å². The molecule has 1 aromatic rings. The Labute approximate surface area is 93.9 Å². The summed E-state index contributed by atoms with van der Waals surface area (Å²) >= 11 is 0. The van der Waals surface area contributed by atoms with E-state index >= 15 is 0 Å². The van der Waals surface area contributed by atoms with Gasteiger partial charge < -0.3 is 9.84 Å². The fourth-order valence-electron chi connectivity index (χ4n) is 1.69. The number of carboxylic acid groups (broad SMARTS) is 1. The highest BCUT2D eigenvalue weighted by molar-refractivity contribution is 5.68. The Morgan fingerprint density at radius 3 is 2.75 bits per heavy atom. The third-order valence-electron chi connectivity index (χ3n) is 2.57. The van der Waals surface area contributed by atoms with E-state index in [0.29, 0.717) is 12.0 Å². The summed E-state index contributed by atoms with van der Waals surface area (Å²) in [5, 5.41) is 8.74. The number of carboxylic acids is 1. The van der Waals surface area contributed by atoms with Gasteiger partial charge in [0.15, 0.2) is 11.6 Å². The SMILES string of the molecule is CC[C@H](CC(=O)O)c1cccc(OC)c1F. The van der Waals surface area contributed by atoms with Crippen LogP contribution in [0.4, 0.5) is 4.39 Å². The van der Waals surface area contributed by atoms with Crippen molar-refractivity contribution in [1.29, 1.82) is 0 Å². The summed E-state index contributed by atoms with van der Waals surface area (Å²) in [7, 11) is 1.39. The van der Waals surface area contributed by atoms with Gasteiger partial charge in [0.2, 0.25) is 0 Å². The maximum atomic E-state index is 13.8. The summed E-state index contributed by atoms with van der Waals surface area (Å²) < 4.78 is 18.7. The van der Waals surface area contributed by atoms with Gasteiger partial charge in [0.1, 0.15) is 0 Å². The van der Waals surface area contributed by atoms with Crippen LogP contribution >= 0.6 is 0 Å². The lowest BCUT2D eigenvalue weighted by atomic mass is 9.92. The largest absolute Gasteiger partial charge is 0.494 e. The first-order valence-corrected chi connectivity index (χ1v) is 5.14. The van der Waals surface area contributed by atoms with Crippen molar-refractivity contribution in [2.45, 2.75) is 25.7 Å². The Balaban J connectivity index is 3.04. The molecule has 1 rings (SSSR count). The van der Waals surface area contributed by atoms with Crippen LogP contribution in [-0.2, 0) is 4.79 Å². The van der Waals surface area contributed by atoms with Crippen molar-refractivity contribution in [2.75, 3.05) is 7.11 Å². The maximum absolute atomic E-state index is 13.8. The van der Waals surface area contributed by atoms with Crippen molar-refractivity contribution >= 4 is 5.97 Å². The average molecular weight is 226 g/mol. The summed E-state index contributed by atoms with van der Waals surface area (Å²) in [5.41, 5.74) is 0.407. The normalized spacial score (nSPS) is 12.2. The van der Waals surface area contributed by atoms with Crippen LogP contribution in [0.5, 0.6) is 5.75 Å². The molecule has 0 heterocycles. The van der Waals surface area contributed by atoms with Crippen LogP contribution in [0.1, 0.15) is 31.2 Å². The number of methoxy groups -OCH3 is 1. The van der Waals surface area contributed by atoms with Gasteiger partial charge in [-0.25, -0.2) is 4.39 Å². The van der Waals surface area contributed by atoms with Crippen molar-refractivity contribution in [3.05, 3.63) is 29.6 Å². The van der Waals surface area contributed by atoms with Crippen LogP contribution < -0.4 is 4.74 Å². The monoisotopic (exact) mass is 226 g/mol. The van der Waals surface area contributed by atoms with E-state index in [4.69, 9.17) is 9.84 Å². The van der Waals surface area contributed by atoms with Gasteiger partial charge in [0, 0.05) is 0 Å². The lowest BCUT2D eigenvalue weighted by molar-refractivity contribution is -0.137. The summed E-state index contributed by atoms with van der Waals surface area (Å²) in [4.78, 5) is 10.7. The summed E-state index contributed by atoms with van der Waals surface area (Å²) in [5.74, 6) is -1.54. The Morgan fingerprint density at radius 2 is 2.25 bits per heavy atom. The van der Waals surface area contributed by atoms with Crippen LogP contribution in [0.3, 0.4) is 0 Å². The molecule has 0 radical (unpaired) electrons. The van der Waals surface area contributed by atoms with Crippen LogP contribution in [0, 0.1) is 5.82 Å². The first-order valence-electron chi connectivity index (χ1n) is 5.14. The van der Waals surface area contributed by atoms with Gasteiger partial charge in [-0.05, 0) is 24.0 Å². The molecule has 1 atom stereocenters. The number of ether oxygens (including phenoxy) is 1. The smallest absolute Gasteiger partial charge is 0.303 e. The van der Waals surface area contributed by atoms with Gasteiger partial charge in [0.05, 0.1) is 13.5 Å². The van der Waals surface area contributed by atoms with E-state index < -0.39 is 11.8 Å². The molecule has 0 saturated carbocycles. The zero-order valence-electron chi connectivity index (χ0n) is 9.37. The lowest BCUT2D eigenvalue weighted by Crippen LogP contribution is -2.08. The number of hydrogen-bond donors (Lipinski definition) is 1. The Kier molecular flexibility index (Phi) is 4.28. The quantitative estimate of drug-likeness (QED) is 0.839. The van der Waals surface area contributed by atoms with Crippen LogP contribution in [0.2, 0.25) is 0 Å². The number of rotatable bonds is 5. The Bertz CT molecular complexity index is 377. The van der Waals surface area contributed by atoms with Gasteiger partial charge in [-0.3, -0.25) is 4.79 Å². The molecule has 0 bridgehead atoms. The van der Waals surface area contributed by atoms with Gasteiger partial charge in [-0.15, -0.1) is 0 Å². The van der Waals surface area contributed by atoms with Gasteiger partial charge >= 0.3 is 5.97 Å². The molecule has 0 aliphatic rings. The molecule has 0 saturated heterocycles. The van der Waals surface area contributed by atoms with Crippen LogP contribution in [0.25, 0.3) is 0 Å². The number of hydrogen-bond acceptors (Lipinski definition) is 2. The highest BCUT2D eigenvalue weighted by atomic mass is 19.1. The Hall–Kier alpha value is -1.58. The van der Waals surface area contributed by atoms with E-state index in [1.165, 1.54) is 13.2 Å². The molecule has 0 aliphatic carbocycles. The fourth-order valence-corrected chi connectivity index (χ4v) is 1.69. The number of benzene rings is 1. The molecule has 0 aliphatic heterocycles. The van der Waals surface area contributed by atoms with Crippen LogP contribution in [0.15, 0.2) is 18.2 Å². The van der Waals surface area contributed by atoms with Gasteiger partial charge in [-0.1, -0.05) is 19.1 Å². The predicted octanol–water partition coefficient (Wildman–Crippen LogP) is 2.80.